The highest BCUT2D eigenvalue weighted by atomic mass is 35.5. The molecule has 0 amide bonds. The first-order chi connectivity index (χ1) is 5.86. The summed E-state index contributed by atoms with van der Waals surface area (Å²) in [5.41, 5.74) is 0.752. The van der Waals surface area contributed by atoms with Crippen molar-refractivity contribution >= 4 is 22.9 Å². The molecule has 0 saturated carbocycles. The molecule has 0 aliphatic rings. The Kier molecular flexibility index (Phi) is 3.92. The van der Waals surface area contributed by atoms with E-state index in [-0.39, 0.29) is 0 Å². The van der Waals surface area contributed by atoms with E-state index in [4.69, 9.17) is 16.3 Å². The van der Waals surface area contributed by atoms with Gasteiger partial charge in [0.15, 0.2) is 0 Å². The van der Waals surface area contributed by atoms with E-state index in [9.17, 15) is 0 Å². The van der Waals surface area contributed by atoms with Gasteiger partial charge in [-0.3, -0.25) is 0 Å². The second-order valence-electron chi connectivity index (χ2n) is 1.94. The Balaban J connectivity index is 2.59. The van der Waals surface area contributed by atoms with Gasteiger partial charge in [0.05, 0.1) is 7.11 Å². The molecule has 0 aliphatic heterocycles. The highest BCUT2D eigenvalue weighted by Gasteiger charge is 1.96. The minimum atomic E-state index is 0.564. The van der Waals surface area contributed by atoms with Crippen molar-refractivity contribution in [2.45, 2.75) is 6.42 Å². The third-order valence-corrected chi connectivity index (χ3v) is 2.08. The molecule has 1 aromatic heterocycles. The smallest absolute Gasteiger partial charge is 0.274 e. The van der Waals surface area contributed by atoms with Crippen molar-refractivity contribution in [3.05, 3.63) is 11.1 Å². The fraction of sp³-hybridized carbons (Fsp3) is 0.375. The van der Waals surface area contributed by atoms with Gasteiger partial charge >= 0.3 is 0 Å². The van der Waals surface area contributed by atoms with Crippen molar-refractivity contribution in [1.82, 2.24) is 4.98 Å². The summed E-state index contributed by atoms with van der Waals surface area (Å²) in [6, 6.07) is 0. The van der Waals surface area contributed by atoms with Crippen LogP contribution in [0.2, 0.25) is 0 Å². The van der Waals surface area contributed by atoms with Crippen LogP contribution in [0.3, 0.4) is 0 Å². The molecule has 0 aromatic carbocycles. The van der Waals surface area contributed by atoms with E-state index in [2.05, 4.69) is 16.8 Å². The summed E-state index contributed by atoms with van der Waals surface area (Å²) in [5.74, 6) is 6.34. The van der Waals surface area contributed by atoms with Crippen molar-refractivity contribution < 1.29 is 4.74 Å². The first-order valence-electron chi connectivity index (χ1n) is 3.41. The predicted octanol–water partition coefficient (Wildman–Crippen LogP) is 2.13. The highest BCUT2D eigenvalue weighted by Crippen LogP contribution is 2.16. The molecule has 0 spiro atoms. The van der Waals surface area contributed by atoms with Gasteiger partial charge in [-0.2, -0.15) is 4.98 Å². The van der Waals surface area contributed by atoms with Crippen LogP contribution >= 0.6 is 22.9 Å². The van der Waals surface area contributed by atoms with E-state index in [1.165, 1.54) is 11.3 Å². The summed E-state index contributed by atoms with van der Waals surface area (Å²) in [6.07, 6.45) is 0.696. The maximum absolute atomic E-state index is 5.46. The molecule has 0 saturated heterocycles. The molecule has 64 valence electrons. The van der Waals surface area contributed by atoms with Crippen LogP contribution in [-0.4, -0.2) is 18.0 Å². The van der Waals surface area contributed by atoms with E-state index in [1.807, 2.05) is 5.38 Å². The Morgan fingerprint density at radius 2 is 2.58 bits per heavy atom. The van der Waals surface area contributed by atoms with Crippen LogP contribution in [0.15, 0.2) is 5.38 Å². The third kappa shape index (κ3) is 2.72. The lowest BCUT2D eigenvalue weighted by molar-refractivity contribution is 0.411. The lowest BCUT2D eigenvalue weighted by Gasteiger charge is -1.85. The van der Waals surface area contributed by atoms with Crippen LogP contribution in [0.25, 0.3) is 0 Å². The molecule has 0 unspecified atom stereocenters. The van der Waals surface area contributed by atoms with E-state index in [0.717, 1.165) is 5.69 Å². The maximum Gasteiger partial charge on any atom is 0.274 e. The number of thiazole rings is 1. The van der Waals surface area contributed by atoms with Crippen LogP contribution in [0.4, 0.5) is 0 Å². The first kappa shape index (κ1) is 9.37. The minimum absolute atomic E-state index is 0.564. The van der Waals surface area contributed by atoms with Gasteiger partial charge in [-0.15, -0.1) is 11.6 Å². The van der Waals surface area contributed by atoms with Gasteiger partial charge < -0.3 is 4.74 Å². The van der Waals surface area contributed by atoms with Gasteiger partial charge in [-0.1, -0.05) is 17.3 Å². The Hall–Kier alpha value is -0.720. The van der Waals surface area contributed by atoms with E-state index in [1.54, 1.807) is 7.11 Å². The summed E-state index contributed by atoms with van der Waals surface area (Å²) in [7, 11) is 1.59. The van der Waals surface area contributed by atoms with Crippen LogP contribution in [-0.2, 0) is 0 Å². The average Bonchev–Trinajstić information content (AvgIpc) is 2.53. The molecule has 0 atom stereocenters. The SMILES string of the molecule is COc1nc(C#CCCCl)cs1. The molecular formula is C8H8ClNOS. The van der Waals surface area contributed by atoms with Crippen LogP contribution in [0.1, 0.15) is 12.1 Å². The molecule has 2 nitrogen and oxygen atoms in total. The van der Waals surface area contributed by atoms with Crippen LogP contribution in [0, 0.1) is 11.8 Å². The zero-order valence-corrected chi connectivity index (χ0v) is 8.21. The number of hydrogen-bond acceptors (Lipinski definition) is 3. The topological polar surface area (TPSA) is 22.1 Å². The second-order valence-corrected chi connectivity index (χ2v) is 3.14. The molecular weight excluding hydrogens is 194 g/mol. The summed E-state index contributed by atoms with van der Waals surface area (Å²) < 4.78 is 4.91. The summed E-state index contributed by atoms with van der Waals surface area (Å²) in [5, 5.41) is 2.50. The van der Waals surface area contributed by atoms with Gasteiger partial charge in [-0.05, 0) is 5.92 Å². The molecule has 0 bridgehead atoms. The van der Waals surface area contributed by atoms with Gasteiger partial charge in [0.1, 0.15) is 5.69 Å². The normalized spacial score (nSPS) is 8.83. The third-order valence-electron chi connectivity index (χ3n) is 1.09. The number of ether oxygens (including phenoxy) is 1. The average molecular weight is 202 g/mol. The minimum Gasteiger partial charge on any atom is -0.473 e. The number of hydrogen-bond donors (Lipinski definition) is 0. The summed E-state index contributed by atoms with van der Waals surface area (Å²) in [4.78, 5) is 4.08. The van der Waals surface area contributed by atoms with Crippen molar-refractivity contribution in [3.63, 3.8) is 0 Å². The molecule has 0 radical (unpaired) electrons. The quantitative estimate of drug-likeness (QED) is 0.540. The molecule has 4 heteroatoms. The van der Waals surface area contributed by atoms with Crippen molar-refractivity contribution in [3.8, 4) is 17.0 Å². The van der Waals surface area contributed by atoms with E-state index in [0.29, 0.717) is 17.5 Å². The molecule has 0 N–H and O–H groups in total. The lowest BCUT2D eigenvalue weighted by Crippen LogP contribution is -1.80. The van der Waals surface area contributed by atoms with Crippen molar-refractivity contribution in [2.75, 3.05) is 13.0 Å². The van der Waals surface area contributed by atoms with Crippen LogP contribution < -0.4 is 4.74 Å². The fourth-order valence-corrected chi connectivity index (χ4v) is 1.27. The Morgan fingerprint density at radius 3 is 3.17 bits per heavy atom. The second kappa shape index (κ2) is 5.02. The molecule has 0 fully saturated rings. The summed E-state index contributed by atoms with van der Waals surface area (Å²) in [6.45, 7) is 0. The molecule has 1 heterocycles. The number of rotatable bonds is 2. The Bertz CT molecular complexity index is 299. The lowest BCUT2D eigenvalue weighted by atomic mass is 10.4. The highest BCUT2D eigenvalue weighted by molar-refractivity contribution is 7.11. The van der Waals surface area contributed by atoms with E-state index < -0.39 is 0 Å². The number of alkyl halides is 1. The fourth-order valence-electron chi connectivity index (χ4n) is 0.609. The Morgan fingerprint density at radius 1 is 1.75 bits per heavy atom. The van der Waals surface area contributed by atoms with Crippen LogP contribution in [0.5, 0.6) is 5.19 Å². The molecule has 0 aliphatic carbocycles. The van der Waals surface area contributed by atoms with Gasteiger partial charge in [0.2, 0.25) is 0 Å². The number of methoxy groups -OCH3 is 1. The molecule has 1 rings (SSSR count). The van der Waals surface area contributed by atoms with E-state index >= 15 is 0 Å². The Labute approximate surface area is 80.5 Å². The predicted molar refractivity (Wildman–Crippen MR) is 50.9 cm³/mol. The zero-order valence-electron chi connectivity index (χ0n) is 6.63. The van der Waals surface area contributed by atoms with Gasteiger partial charge in [-0.25, -0.2) is 0 Å². The zero-order chi connectivity index (χ0) is 8.81. The first-order valence-corrected chi connectivity index (χ1v) is 4.82. The standard InChI is InChI=1S/C8H8ClNOS/c1-11-8-10-7(6-12-8)4-2-3-5-9/h6H,3,5H2,1H3. The monoisotopic (exact) mass is 201 g/mol. The van der Waals surface area contributed by atoms with Crippen molar-refractivity contribution in [1.29, 1.82) is 0 Å². The number of aromatic nitrogens is 1. The number of nitrogens with zero attached hydrogens (tertiary/aromatic N) is 1. The largest absolute Gasteiger partial charge is 0.473 e. The van der Waals surface area contributed by atoms with Gasteiger partial charge in [0, 0.05) is 17.7 Å². The number of halogens is 1. The summed E-state index contributed by atoms with van der Waals surface area (Å²) >= 11 is 6.89. The maximum atomic E-state index is 5.46. The van der Waals surface area contributed by atoms with Crippen molar-refractivity contribution in [2.24, 2.45) is 0 Å². The van der Waals surface area contributed by atoms with Gasteiger partial charge in [0.25, 0.3) is 5.19 Å². The molecule has 1 aromatic rings. The molecule has 12 heavy (non-hydrogen) atoms.